The molecule has 6 aromatic rings. The van der Waals surface area contributed by atoms with E-state index in [1.54, 1.807) is 0 Å². The van der Waals surface area contributed by atoms with Crippen LogP contribution < -0.4 is 11.2 Å². The van der Waals surface area contributed by atoms with E-state index in [4.69, 9.17) is 0 Å². The lowest BCUT2D eigenvalue weighted by Crippen LogP contribution is -2.36. The number of imidazole rings is 1. The molecule has 0 saturated carbocycles. The first kappa shape index (κ1) is 24.2. The smallest absolute Gasteiger partial charge is 0.318 e. The Labute approximate surface area is 223 Å². The van der Waals surface area contributed by atoms with Crippen LogP contribution in [0, 0.1) is 0 Å². The van der Waals surface area contributed by atoms with Crippen molar-refractivity contribution in [3.05, 3.63) is 117 Å². The molecule has 0 radical (unpaired) electrons. The molecule has 3 aromatic carbocycles. The highest BCUT2D eigenvalue weighted by Crippen LogP contribution is 2.30. The van der Waals surface area contributed by atoms with Crippen LogP contribution in [-0.4, -0.2) is 39.7 Å². The number of H-pyrrole nitrogens is 2. The van der Waals surface area contributed by atoms with Gasteiger partial charge in [0.1, 0.15) is 5.82 Å². The second-order valence-electron chi connectivity index (χ2n) is 9.28. The summed E-state index contributed by atoms with van der Waals surface area (Å²) < 4.78 is 3.18. The van der Waals surface area contributed by atoms with Crippen LogP contribution >= 0.6 is 0 Å². The lowest BCUT2D eigenvalue weighted by Gasteiger charge is -2.11. The maximum atomic E-state index is 13.6. The zero-order chi connectivity index (χ0) is 26.8. The van der Waals surface area contributed by atoms with Gasteiger partial charge in [-0.05, 0) is 39.1 Å². The van der Waals surface area contributed by atoms with Gasteiger partial charge in [-0.2, -0.15) is 0 Å². The van der Waals surface area contributed by atoms with E-state index in [-0.39, 0.29) is 12.1 Å². The predicted octanol–water partition coefficient (Wildman–Crippen LogP) is 3.59. The first-order valence-corrected chi connectivity index (χ1v) is 12.8. The zero-order valence-corrected chi connectivity index (χ0v) is 21.3. The Bertz CT molecular complexity index is 1850. The Kier molecular flexibility index (Phi) is 6.42. The number of tetrazole rings is 1. The molecule has 3 aromatic heterocycles. The Morgan fingerprint density at radius 1 is 0.821 bits per heavy atom. The van der Waals surface area contributed by atoms with Gasteiger partial charge in [-0.1, -0.05) is 85.8 Å². The molecule has 0 fully saturated rings. The fourth-order valence-corrected chi connectivity index (χ4v) is 4.91. The summed E-state index contributed by atoms with van der Waals surface area (Å²) in [6, 6.07) is 25.9. The number of hydrogen-bond acceptors (Lipinski definition) is 6. The molecule has 2 N–H and O–H groups in total. The van der Waals surface area contributed by atoms with Gasteiger partial charge in [-0.3, -0.25) is 14.3 Å². The van der Waals surface area contributed by atoms with E-state index in [0.717, 1.165) is 33.6 Å². The van der Waals surface area contributed by atoms with Gasteiger partial charge < -0.3 is 4.57 Å². The molecular formula is C29H26N8O2. The number of nitrogens with one attached hydrogen (secondary N) is 2. The Morgan fingerprint density at radius 3 is 2.28 bits per heavy atom. The molecule has 39 heavy (non-hydrogen) atoms. The predicted molar refractivity (Wildman–Crippen MR) is 148 cm³/mol. The van der Waals surface area contributed by atoms with Gasteiger partial charge in [0.25, 0.3) is 5.56 Å². The van der Waals surface area contributed by atoms with Gasteiger partial charge in [-0.15, -0.1) is 5.10 Å². The van der Waals surface area contributed by atoms with Gasteiger partial charge in [0.2, 0.25) is 0 Å². The highest BCUT2D eigenvalue weighted by Gasteiger charge is 2.18. The minimum atomic E-state index is -0.444. The van der Waals surface area contributed by atoms with Crippen LogP contribution in [0.25, 0.3) is 33.7 Å². The zero-order valence-electron chi connectivity index (χ0n) is 21.3. The number of nitrogens with zero attached hydrogens (tertiary/aromatic N) is 6. The largest absolute Gasteiger partial charge is 0.330 e. The number of aryl methyl sites for hydroxylation is 2. The molecule has 194 valence electrons. The summed E-state index contributed by atoms with van der Waals surface area (Å²) in [6.45, 7) is 2.73. The first-order chi connectivity index (χ1) is 19.1. The van der Waals surface area contributed by atoms with E-state index in [1.807, 2.05) is 90.4 Å². The lowest BCUT2D eigenvalue weighted by atomic mass is 9.98. The highest BCUT2D eigenvalue weighted by atomic mass is 16.2. The minimum Gasteiger partial charge on any atom is -0.318 e. The van der Waals surface area contributed by atoms with Crippen molar-refractivity contribution in [2.75, 3.05) is 0 Å². The maximum Gasteiger partial charge on any atom is 0.330 e. The molecule has 3 heterocycles. The first-order valence-electron chi connectivity index (χ1n) is 12.8. The SMILES string of the molecule is CCc1nc2[nH]c(=O)n(CCc3ccccc3)c(=O)c2n1Cc1ccc(-c2ccccc2-c2nnn[nH]2)cc1. The third-order valence-electron chi connectivity index (χ3n) is 6.88. The van der Waals surface area contributed by atoms with E-state index < -0.39 is 5.69 Å². The third kappa shape index (κ3) is 4.68. The van der Waals surface area contributed by atoms with Crippen LogP contribution in [0.1, 0.15) is 23.9 Å². The monoisotopic (exact) mass is 518 g/mol. The summed E-state index contributed by atoms with van der Waals surface area (Å²) in [5.74, 6) is 1.34. The van der Waals surface area contributed by atoms with E-state index >= 15 is 0 Å². The van der Waals surface area contributed by atoms with E-state index in [9.17, 15) is 9.59 Å². The van der Waals surface area contributed by atoms with Gasteiger partial charge in [0, 0.05) is 25.1 Å². The van der Waals surface area contributed by atoms with Crippen molar-refractivity contribution < 1.29 is 0 Å². The van der Waals surface area contributed by atoms with Crippen LogP contribution in [0.2, 0.25) is 0 Å². The van der Waals surface area contributed by atoms with Crippen molar-refractivity contribution in [3.63, 3.8) is 0 Å². The number of rotatable bonds is 8. The summed E-state index contributed by atoms with van der Waals surface area (Å²) in [4.78, 5) is 33.7. The standard InChI is InChI=1S/C29H26N8O2/c1-2-24-30-27-25(28(38)36(29(39)31-27)17-16-19-8-4-3-5-9-19)37(24)18-20-12-14-21(15-13-20)22-10-6-7-11-23(22)26-32-34-35-33-26/h3-15H,2,16-18H2,1H3,(H,31,39)(H,32,33,34,35). The van der Waals surface area contributed by atoms with Crippen molar-refractivity contribution in [2.45, 2.75) is 32.9 Å². The molecule has 10 heteroatoms. The molecule has 0 aliphatic carbocycles. The van der Waals surface area contributed by atoms with Crippen molar-refractivity contribution >= 4 is 11.2 Å². The summed E-state index contributed by atoms with van der Waals surface area (Å²) in [5, 5.41) is 14.3. The van der Waals surface area contributed by atoms with Crippen LogP contribution in [0.15, 0.2) is 88.5 Å². The van der Waals surface area contributed by atoms with Crippen molar-refractivity contribution in [1.29, 1.82) is 0 Å². The lowest BCUT2D eigenvalue weighted by molar-refractivity contribution is 0.631. The molecule has 0 unspecified atom stereocenters. The normalized spacial score (nSPS) is 11.3. The highest BCUT2D eigenvalue weighted by molar-refractivity contribution is 5.80. The average Bonchev–Trinajstić information content (AvgIpc) is 3.62. The van der Waals surface area contributed by atoms with Crippen LogP contribution in [-0.2, 0) is 25.9 Å². The molecule has 0 saturated heterocycles. The van der Waals surface area contributed by atoms with Crippen molar-refractivity contribution in [2.24, 2.45) is 0 Å². The topological polar surface area (TPSA) is 127 Å². The van der Waals surface area contributed by atoms with Gasteiger partial charge in [-0.25, -0.2) is 14.9 Å². The number of benzene rings is 3. The van der Waals surface area contributed by atoms with E-state index in [2.05, 4.69) is 30.6 Å². The molecule has 0 aliphatic heterocycles. The van der Waals surface area contributed by atoms with Gasteiger partial charge in [0.05, 0.1) is 0 Å². The third-order valence-corrected chi connectivity index (χ3v) is 6.88. The fourth-order valence-electron chi connectivity index (χ4n) is 4.91. The molecule has 0 bridgehead atoms. The molecule has 10 nitrogen and oxygen atoms in total. The van der Waals surface area contributed by atoms with E-state index in [0.29, 0.717) is 36.4 Å². The van der Waals surface area contributed by atoms with Crippen molar-refractivity contribution in [1.82, 2.24) is 39.7 Å². The summed E-state index contributed by atoms with van der Waals surface area (Å²) in [6.07, 6.45) is 1.20. The summed E-state index contributed by atoms with van der Waals surface area (Å²) in [7, 11) is 0. The van der Waals surface area contributed by atoms with E-state index in [1.165, 1.54) is 4.57 Å². The maximum absolute atomic E-state index is 13.6. The number of aromatic amines is 2. The summed E-state index contributed by atoms with van der Waals surface area (Å²) >= 11 is 0. The quantitative estimate of drug-likeness (QED) is 0.317. The Balaban J connectivity index is 1.34. The fraction of sp³-hybridized carbons (Fsp3) is 0.172. The molecule has 0 spiro atoms. The molecular weight excluding hydrogens is 492 g/mol. The van der Waals surface area contributed by atoms with Crippen LogP contribution in [0.4, 0.5) is 0 Å². The Hall–Kier alpha value is -5.12. The van der Waals surface area contributed by atoms with Crippen molar-refractivity contribution in [3.8, 4) is 22.5 Å². The molecule has 6 rings (SSSR count). The average molecular weight is 519 g/mol. The number of aromatic nitrogens is 8. The minimum absolute atomic E-state index is 0.287. The molecule has 0 aliphatic rings. The number of fused-ring (bicyclic) bond motifs is 1. The van der Waals surface area contributed by atoms with Gasteiger partial charge >= 0.3 is 5.69 Å². The van der Waals surface area contributed by atoms with Crippen LogP contribution in [0.5, 0.6) is 0 Å². The summed E-state index contributed by atoms with van der Waals surface area (Å²) in [5.41, 5.74) is 4.96. The second-order valence-corrected chi connectivity index (χ2v) is 9.28. The Morgan fingerprint density at radius 2 is 1.56 bits per heavy atom. The van der Waals surface area contributed by atoms with Crippen LogP contribution in [0.3, 0.4) is 0 Å². The number of hydrogen-bond donors (Lipinski definition) is 2. The molecule has 0 amide bonds. The second kappa shape index (κ2) is 10.3. The van der Waals surface area contributed by atoms with Gasteiger partial charge in [0.15, 0.2) is 17.0 Å². The molecule has 0 atom stereocenters.